The first-order valence-electron chi connectivity index (χ1n) is 7.17. The molecule has 2 aromatic carbocycles. The summed E-state index contributed by atoms with van der Waals surface area (Å²) in [6.45, 7) is 5.31. The number of fused-ring (bicyclic) bond motifs is 1. The number of rotatable bonds is 3. The number of amides is 2. The molecule has 2 rings (SSSR count). The molecule has 122 valence electrons. The second-order valence-corrected chi connectivity index (χ2v) is 5.97. The highest BCUT2D eigenvalue weighted by atomic mass is 16.6. The van der Waals surface area contributed by atoms with E-state index in [4.69, 9.17) is 9.57 Å². The average molecular weight is 316 g/mol. The van der Waals surface area contributed by atoms with Gasteiger partial charge in [0.15, 0.2) is 0 Å². The second kappa shape index (κ2) is 6.66. The van der Waals surface area contributed by atoms with Gasteiger partial charge in [0.2, 0.25) is 0 Å². The highest BCUT2D eigenvalue weighted by Crippen LogP contribution is 2.27. The van der Waals surface area contributed by atoms with Crippen molar-refractivity contribution >= 4 is 28.5 Å². The van der Waals surface area contributed by atoms with E-state index in [9.17, 15) is 9.59 Å². The Balaban J connectivity index is 2.44. The van der Waals surface area contributed by atoms with E-state index >= 15 is 0 Å². The normalized spacial score (nSPS) is 11.1. The SMILES string of the molecule is CONC(=O)c1c(NC(=O)OC(C)(C)C)ccc2ccccc12. The fourth-order valence-electron chi connectivity index (χ4n) is 2.18. The molecule has 0 aliphatic heterocycles. The van der Waals surface area contributed by atoms with Crippen molar-refractivity contribution in [2.24, 2.45) is 0 Å². The third-order valence-electron chi connectivity index (χ3n) is 2.99. The fraction of sp³-hybridized carbons (Fsp3) is 0.294. The Morgan fingerprint density at radius 2 is 1.74 bits per heavy atom. The standard InChI is InChI=1S/C17H20N2O4/c1-17(2,3)23-16(21)18-13-10-9-11-7-5-6-8-12(11)14(13)15(20)19-22-4/h5-10H,1-4H3,(H,18,21)(H,19,20). The molecule has 0 aliphatic carbocycles. The van der Waals surface area contributed by atoms with Crippen LogP contribution < -0.4 is 10.8 Å². The maximum atomic E-state index is 12.3. The second-order valence-electron chi connectivity index (χ2n) is 5.97. The molecule has 0 heterocycles. The Bertz CT molecular complexity index is 735. The fourth-order valence-corrected chi connectivity index (χ4v) is 2.18. The molecule has 0 bridgehead atoms. The number of carbonyl (C=O) groups excluding carboxylic acids is 2. The molecule has 0 unspecified atom stereocenters. The first-order chi connectivity index (χ1) is 10.8. The van der Waals surface area contributed by atoms with Crippen LogP contribution in [0.4, 0.5) is 10.5 Å². The van der Waals surface area contributed by atoms with Gasteiger partial charge in [0.05, 0.1) is 18.4 Å². The van der Waals surface area contributed by atoms with Crippen molar-refractivity contribution in [2.75, 3.05) is 12.4 Å². The van der Waals surface area contributed by atoms with Crippen LogP contribution in [0.25, 0.3) is 10.8 Å². The van der Waals surface area contributed by atoms with Crippen LogP contribution in [0.2, 0.25) is 0 Å². The van der Waals surface area contributed by atoms with Crippen LogP contribution in [-0.2, 0) is 9.57 Å². The molecule has 0 aliphatic rings. The highest BCUT2D eigenvalue weighted by molar-refractivity contribution is 6.13. The summed E-state index contributed by atoms with van der Waals surface area (Å²) in [6.07, 6.45) is -0.626. The molecule has 23 heavy (non-hydrogen) atoms. The molecular formula is C17H20N2O4. The molecular weight excluding hydrogens is 296 g/mol. The van der Waals surface area contributed by atoms with Crippen molar-refractivity contribution < 1.29 is 19.2 Å². The Hall–Kier alpha value is -2.60. The summed E-state index contributed by atoms with van der Waals surface area (Å²) in [5.41, 5.74) is 2.33. The third kappa shape index (κ3) is 4.20. The van der Waals surface area contributed by atoms with E-state index in [0.29, 0.717) is 16.6 Å². The molecule has 0 atom stereocenters. The van der Waals surface area contributed by atoms with E-state index in [0.717, 1.165) is 5.39 Å². The van der Waals surface area contributed by atoms with Gasteiger partial charge in [-0.05, 0) is 37.6 Å². The number of hydrogen-bond acceptors (Lipinski definition) is 4. The summed E-state index contributed by atoms with van der Waals surface area (Å²) in [4.78, 5) is 29.0. The maximum absolute atomic E-state index is 12.3. The molecule has 2 aromatic rings. The number of hydroxylamine groups is 1. The van der Waals surface area contributed by atoms with Gasteiger partial charge in [-0.3, -0.25) is 14.9 Å². The van der Waals surface area contributed by atoms with Gasteiger partial charge in [-0.25, -0.2) is 10.3 Å². The zero-order valence-corrected chi connectivity index (χ0v) is 13.6. The molecule has 0 fully saturated rings. The van der Waals surface area contributed by atoms with Crippen molar-refractivity contribution in [3.63, 3.8) is 0 Å². The predicted molar refractivity (Wildman–Crippen MR) is 88.3 cm³/mol. The Morgan fingerprint density at radius 1 is 1.04 bits per heavy atom. The van der Waals surface area contributed by atoms with Crippen molar-refractivity contribution in [3.8, 4) is 0 Å². The number of benzene rings is 2. The van der Waals surface area contributed by atoms with Crippen LogP contribution in [-0.4, -0.2) is 24.7 Å². The number of anilines is 1. The minimum atomic E-state index is -0.629. The number of ether oxygens (including phenoxy) is 1. The molecule has 0 aromatic heterocycles. The topological polar surface area (TPSA) is 76.7 Å². The lowest BCUT2D eigenvalue weighted by Crippen LogP contribution is -2.29. The molecule has 2 N–H and O–H groups in total. The Morgan fingerprint density at radius 3 is 2.39 bits per heavy atom. The van der Waals surface area contributed by atoms with Gasteiger partial charge in [-0.1, -0.05) is 30.3 Å². The zero-order chi connectivity index (χ0) is 17.0. The molecule has 0 spiro atoms. The van der Waals surface area contributed by atoms with Crippen LogP contribution in [0, 0.1) is 0 Å². The smallest absolute Gasteiger partial charge is 0.412 e. The van der Waals surface area contributed by atoms with Crippen molar-refractivity contribution in [3.05, 3.63) is 42.0 Å². The minimum absolute atomic E-state index is 0.316. The highest BCUT2D eigenvalue weighted by Gasteiger charge is 2.20. The van der Waals surface area contributed by atoms with Gasteiger partial charge < -0.3 is 4.74 Å². The van der Waals surface area contributed by atoms with Gasteiger partial charge in [-0.2, -0.15) is 0 Å². The largest absolute Gasteiger partial charge is 0.444 e. The van der Waals surface area contributed by atoms with Crippen LogP contribution >= 0.6 is 0 Å². The summed E-state index contributed by atoms with van der Waals surface area (Å²) in [6, 6.07) is 10.9. The monoisotopic (exact) mass is 316 g/mol. The van der Waals surface area contributed by atoms with E-state index < -0.39 is 17.6 Å². The van der Waals surface area contributed by atoms with Gasteiger partial charge in [-0.15, -0.1) is 0 Å². The first kappa shape index (κ1) is 16.8. The van der Waals surface area contributed by atoms with E-state index in [-0.39, 0.29) is 0 Å². The summed E-state index contributed by atoms with van der Waals surface area (Å²) in [5, 5.41) is 4.20. The Kier molecular flexibility index (Phi) is 4.86. The zero-order valence-electron chi connectivity index (χ0n) is 13.6. The van der Waals surface area contributed by atoms with Gasteiger partial charge in [0.1, 0.15) is 5.60 Å². The Labute approximate surface area is 134 Å². The van der Waals surface area contributed by atoms with E-state index in [1.807, 2.05) is 24.3 Å². The quantitative estimate of drug-likeness (QED) is 0.850. The van der Waals surface area contributed by atoms with Crippen molar-refractivity contribution in [2.45, 2.75) is 26.4 Å². The van der Waals surface area contributed by atoms with E-state index in [2.05, 4.69) is 10.8 Å². The summed E-state index contributed by atoms with van der Waals surface area (Å²) < 4.78 is 5.24. The van der Waals surface area contributed by atoms with Crippen LogP contribution in [0.15, 0.2) is 36.4 Å². The molecule has 6 heteroatoms. The van der Waals surface area contributed by atoms with Crippen LogP contribution in [0.5, 0.6) is 0 Å². The van der Waals surface area contributed by atoms with E-state index in [1.165, 1.54) is 7.11 Å². The molecule has 0 radical (unpaired) electrons. The van der Waals surface area contributed by atoms with Crippen molar-refractivity contribution in [1.29, 1.82) is 0 Å². The first-order valence-corrected chi connectivity index (χ1v) is 7.17. The lowest BCUT2D eigenvalue weighted by atomic mass is 10.0. The molecule has 6 nitrogen and oxygen atoms in total. The van der Waals surface area contributed by atoms with Gasteiger partial charge in [0, 0.05) is 0 Å². The summed E-state index contributed by atoms with van der Waals surface area (Å²) >= 11 is 0. The minimum Gasteiger partial charge on any atom is -0.444 e. The van der Waals surface area contributed by atoms with Crippen LogP contribution in [0.3, 0.4) is 0 Å². The van der Waals surface area contributed by atoms with E-state index in [1.54, 1.807) is 32.9 Å². The number of nitrogens with one attached hydrogen (secondary N) is 2. The van der Waals surface area contributed by atoms with Crippen molar-refractivity contribution in [1.82, 2.24) is 5.48 Å². The average Bonchev–Trinajstić information content (AvgIpc) is 2.45. The lowest BCUT2D eigenvalue weighted by molar-refractivity contribution is 0.0540. The third-order valence-corrected chi connectivity index (χ3v) is 2.99. The molecule has 0 saturated carbocycles. The van der Waals surface area contributed by atoms with Gasteiger partial charge in [0.25, 0.3) is 5.91 Å². The van der Waals surface area contributed by atoms with Crippen LogP contribution in [0.1, 0.15) is 31.1 Å². The molecule has 2 amide bonds. The number of carbonyl (C=O) groups is 2. The lowest BCUT2D eigenvalue weighted by Gasteiger charge is -2.20. The number of hydrogen-bond donors (Lipinski definition) is 2. The maximum Gasteiger partial charge on any atom is 0.412 e. The summed E-state index contributed by atoms with van der Waals surface area (Å²) in [7, 11) is 1.35. The molecule has 0 saturated heterocycles. The predicted octanol–water partition coefficient (Wildman–Crippen LogP) is 3.48. The summed E-state index contributed by atoms with van der Waals surface area (Å²) in [5.74, 6) is -0.449. The van der Waals surface area contributed by atoms with Gasteiger partial charge >= 0.3 is 6.09 Å².